The van der Waals surface area contributed by atoms with Crippen LogP contribution in [0.15, 0.2) is 24.3 Å². The Bertz CT molecular complexity index is 889. The Morgan fingerprint density at radius 1 is 1.09 bits per heavy atom. The number of rotatable bonds is 6. The molecule has 10 heteroatoms. The normalized spacial score (nSPS) is 23.5. The number of nitrogens with one attached hydrogen (secondary N) is 1. The lowest BCUT2D eigenvalue weighted by molar-refractivity contribution is -0.139. The van der Waals surface area contributed by atoms with Crippen molar-refractivity contribution in [1.82, 2.24) is 14.5 Å². The van der Waals surface area contributed by atoms with Gasteiger partial charge in [0.15, 0.2) is 0 Å². The second kappa shape index (κ2) is 10.1. The van der Waals surface area contributed by atoms with E-state index in [0.29, 0.717) is 31.7 Å². The highest BCUT2D eigenvalue weighted by Gasteiger charge is 2.33. The molecule has 0 spiro atoms. The molecule has 1 aliphatic carbocycles. The van der Waals surface area contributed by atoms with Crippen LogP contribution in [-0.4, -0.2) is 62.4 Å². The zero-order valence-electron chi connectivity index (χ0n) is 18.6. The van der Waals surface area contributed by atoms with E-state index in [-0.39, 0.29) is 23.4 Å². The Hall–Kier alpha value is -1.65. The summed E-state index contributed by atoms with van der Waals surface area (Å²) < 4.78 is 66.2. The Labute approximate surface area is 188 Å². The number of benzene rings is 1. The fraction of sp³-hybridized carbons (Fsp3) is 0.682. The van der Waals surface area contributed by atoms with Gasteiger partial charge in [-0.05, 0) is 51.2 Å². The minimum atomic E-state index is -4.51. The maximum Gasteiger partial charge on any atom is 0.416 e. The first-order valence-electron chi connectivity index (χ1n) is 11.1. The van der Waals surface area contributed by atoms with Crippen LogP contribution in [0.25, 0.3) is 0 Å². The summed E-state index contributed by atoms with van der Waals surface area (Å²) in [5.41, 5.74) is -0.768. The monoisotopic (exact) mass is 475 g/mol. The van der Waals surface area contributed by atoms with Crippen LogP contribution < -0.4 is 4.72 Å². The summed E-state index contributed by atoms with van der Waals surface area (Å²) in [4.78, 5) is 17.1. The lowest BCUT2D eigenvalue weighted by Crippen LogP contribution is -2.52. The maximum absolute atomic E-state index is 12.9. The van der Waals surface area contributed by atoms with Gasteiger partial charge in [0.25, 0.3) is 0 Å². The van der Waals surface area contributed by atoms with Gasteiger partial charge in [-0.2, -0.15) is 13.2 Å². The van der Waals surface area contributed by atoms with E-state index < -0.39 is 27.5 Å². The molecular weight excluding hydrogens is 443 g/mol. The van der Waals surface area contributed by atoms with E-state index in [2.05, 4.69) is 23.5 Å². The topological polar surface area (TPSA) is 69.7 Å². The van der Waals surface area contributed by atoms with E-state index in [1.54, 1.807) is 0 Å². The molecule has 1 N–H and O–H groups in total. The molecule has 0 radical (unpaired) electrons. The predicted octanol–water partition coefficient (Wildman–Crippen LogP) is 3.24. The molecule has 6 nitrogen and oxygen atoms in total. The Kier molecular flexibility index (Phi) is 7.88. The molecule has 2 aliphatic rings. The highest BCUT2D eigenvalue weighted by molar-refractivity contribution is 7.88. The van der Waals surface area contributed by atoms with E-state index in [1.807, 2.05) is 4.90 Å². The third-order valence-corrected chi connectivity index (χ3v) is 7.80. The van der Waals surface area contributed by atoms with Crippen LogP contribution in [0.2, 0.25) is 0 Å². The summed E-state index contributed by atoms with van der Waals surface area (Å²) in [5.74, 6) is -0.445. The van der Waals surface area contributed by atoms with Crippen LogP contribution >= 0.6 is 0 Å². The average Bonchev–Trinajstić information content (AvgIpc) is 2.73. The largest absolute Gasteiger partial charge is 0.416 e. The van der Waals surface area contributed by atoms with E-state index in [0.717, 1.165) is 38.3 Å². The molecular formula is C22H32F3N3O3S. The van der Waals surface area contributed by atoms with Gasteiger partial charge >= 0.3 is 6.18 Å². The molecule has 1 saturated heterocycles. The number of hydrogen-bond donors (Lipinski definition) is 1. The number of hydrogen-bond acceptors (Lipinski definition) is 4. The van der Waals surface area contributed by atoms with Crippen molar-refractivity contribution >= 4 is 15.9 Å². The minimum absolute atomic E-state index is 0.0928. The number of nitrogens with zero attached hydrogens (tertiary/aromatic N) is 2. The van der Waals surface area contributed by atoms with Crippen molar-refractivity contribution in [1.29, 1.82) is 0 Å². The number of halogens is 3. The van der Waals surface area contributed by atoms with E-state index in [9.17, 15) is 26.4 Å². The second-order valence-electron chi connectivity index (χ2n) is 9.08. The Balaban J connectivity index is 1.49. The Morgan fingerprint density at radius 3 is 2.28 bits per heavy atom. The van der Waals surface area contributed by atoms with Gasteiger partial charge in [-0.1, -0.05) is 18.2 Å². The second-order valence-corrected chi connectivity index (χ2v) is 10.8. The van der Waals surface area contributed by atoms with E-state index >= 15 is 0 Å². The van der Waals surface area contributed by atoms with Crippen molar-refractivity contribution < 1.29 is 26.4 Å². The van der Waals surface area contributed by atoms with Crippen molar-refractivity contribution in [2.45, 2.75) is 63.5 Å². The number of alkyl halides is 3. The molecule has 0 bridgehead atoms. The molecule has 1 saturated carbocycles. The van der Waals surface area contributed by atoms with Crippen molar-refractivity contribution in [3.05, 3.63) is 35.4 Å². The number of carbonyl (C=O) groups excluding carboxylic acids is 1. The summed E-state index contributed by atoms with van der Waals surface area (Å²) >= 11 is 0. The fourth-order valence-corrected chi connectivity index (χ4v) is 5.97. The molecule has 1 aromatic carbocycles. The van der Waals surface area contributed by atoms with Gasteiger partial charge in [0.05, 0.1) is 11.3 Å². The van der Waals surface area contributed by atoms with Crippen LogP contribution in [0.4, 0.5) is 13.2 Å². The number of piperazine rings is 1. The first-order valence-corrected chi connectivity index (χ1v) is 12.8. The summed E-state index contributed by atoms with van der Waals surface area (Å²) in [6, 6.07) is 4.55. The fourth-order valence-electron chi connectivity index (χ4n) is 4.53. The van der Waals surface area contributed by atoms with Crippen LogP contribution in [0.3, 0.4) is 0 Å². The average molecular weight is 476 g/mol. The molecule has 1 heterocycles. The molecule has 3 rings (SSSR count). The zero-order chi connectivity index (χ0) is 23.5. The summed E-state index contributed by atoms with van der Waals surface area (Å²) in [6.45, 7) is 7.48. The van der Waals surface area contributed by atoms with Gasteiger partial charge in [-0.15, -0.1) is 0 Å². The number of amides is 1. The predicted molar refractivity (Wildman–Crippen MR) is 116 cm³/mol. The van der Waals surface area contributed by atoms with Gasteiger partial charge in [0, 0.05) is 44.2 Å². The molecule has 180 valence electrons. The first kappa shape index (κ1) is 25.0. The standard InChI is InChI=1S/C22H32F3N3O3S/c1-16(2)27-10-12-28(13-11-27)21(29)18-6-8-20(9-7-18)26-32(30,31)15-17-4-3-5-19(14-17)22(23,24)25/h3-5,14,16,18,20,26H,6-13,15H2,1-2H3/t18-,20+. The van der Waals surface area contributed by atoms with E-state index in [1.165, 1.54) is 12.1 Å². The van der Waals surface area contributed by atoms with Gasteiger partial charge in [-0.3, -0.25) is 9.69 Å². The summed E-state index contributed by atoms with van der Waals surface area (Å²) in [6.07, 6.45) is -2.20. The zero-order valence-corrected chi connectivity index (χ0v) is 19.4. The van der Waals surface area contributed by atoms with Crippen LogP contribution in [0.5, 0.6) is 0 Å². The molecule has 1 amide bonds. The SMILES string of the molecule is CC(C)N1CCN(C(=O)[C@H]2CC[C@@H](NS(=O)(=O)Cc3cccc(C(F)(F)F)c3)CC2)CC1. The first-order chi connectivity index (χ1) is 14.9. The smallest absolute Gasteiger partial charge is 0.340 e. The molecule has 0 aromatic heterocycles. The highest BCUT2D eigenvalue weighted by atomic mass is 32.2. The highest BCUT2D eigenvalue weighted by Crippen LogP contribution is 2.30. The van der Waals surface area contributed by atoms with Gasteiger partial charge in [0.1, 0.15) is 0 Å². The minimum Gasteiger partial charge on any atom is -0.340 e. The molecule has 32 heavy (non-hydrogen) atoms. The van der Waals surface area contributed by atoms with Crippen LogP contribution in [-0.2, 0) is 26.7 Å². The third-order valence-electron chi connectivity index (χ3n) is 6.39. The molecule has 0 unspecified atom stereocenters. The quantitative estimate of drug-likeness (QED) is 0.686. The molecule has 1 aromatic rings. The van der Waals surface area contributed by atoms with Crippen molar-refractivity contribution in [2.75, 3.05) is 26.2 Å². The maximum atomic E-state index is 12.9. The Morgan fingerprint density at radius 2 is 1.72 bits per heavy atom. The lowest BCUT2D eigenvalue weighted by Gasteiger charge is -2.39. The third kappa shape index (κ3) is 6.68. The van der Waals surface area contributed by atoms with Crippen molar-refractivity contribution in [3.63, 3.8) is 0 Å². The van der Waals surface area contributed by atoms with Gasteiger partial charge in [-0.25, -0.2) is 13.1 Å². The molecule has 1 aliphatic heterocycles. The van der Waals surface area contributed by atoms with Gasteiger partial charge in [0.2, 0.25) is 15.9 Å². The van der Waals surface area contributed by atoms with Crippen LogP contribution in [0.1, 0.15) is 50.7 Å². The molecule has 2 fully saturated rings. The van der Waals surface area contributed by atoms with Crippen molar-refractivity contribution in [3.8, 4) is 0 Å². The van der Waals surface area contributed by atoms with Crippen molar-refractivity contribution in [2.24, 2.45) is 5.92 Å². The van der Waals surface area contributed by atoms with Gasteiger partial charge < -0.3 is 4.90 Å². The molecule has 0 atom stereocenters. The number of sulfonamides is 1. The van der Waals surface area contributed by atoms with E-state index in [4.69, 9.17) is 0 Å². The summed E-state index contributed by atoms with van der Waals surface area (Å²) in [7, 11) is -3.79. The van der Waals surface area contributed by atoms with Crippen LogP contribution in [0, 0.1) is 5.92 Å². The number of carbonyl (C=O) groups is 1. The lowest BCUT2D eigenvalue weighted by atomic mass is 9.85. The summed E-state index contributed by atoms with van der Waals surface area (Å²) in [5, 5.41) is 0.